The van der Waals surface area contributed by atoms with E-state index >= 15 is 0 Å². The number of carbonyl (C=O) groups excluding carboxylic acids is 1. The molecular formula is C19H20N6O2. The molecule has 3 aromatic rings. The van der Waals surface area contributed by atoms with E-state index in [-0.39, 0.29) is 11.8 Å². The van der Waals surface area contributed by atoms with Crippen molar-refractivity contribution >= 4 is 5.91 Å². The first-order valence-electron chi connectivity index (χ1n) is 9.01. The monoisotopic (exact) mass is 364 g/mol. The van der Waals surface area contributed by atoms with Gasteiger partial charge in [-0.2, -0.15) is 4.98 Å². The highest BCUT2D eigenvalue weighted by atomic mass is 16.5. The van der Waals surface area contributed by atoms with E-state index in [4.69, 9.17) is 4.52 Å². The number of piperidine rings is 1. The molecule has 0 aromatic carbocycles. The Morgan fingerprint density at radius 2 is 2.19 bits per heavy atom. The second kappa shape index (κ2) is 7.61. The van der Waals surface area contributed by atoms with Gasteiger partial charge in [0.2, 0.25) is 0 Å². The molecule has 0 bridgehead atoms. The van der Waals surface area contributed by atoms with Crippen LogP contribution in [0.25, 0.3) is 11.6 Å². The van der Waals surface area contributed by atoms with Gasteiger partial charge < -0.3 is 9.42 Å². The second-order valence-corrected chi connectivity index (χ2v) is 6.74. The van der Waals surface area contributed by atoms with Crippen molar-refractivity contribution in [2.24, 2.45) is 5.92 Å². The minimum atomic E-state index is -0.0745. The largest absolute Gasteiger partial charge is 0.337 e. The fraction of sp³-hybridized carbons (Fsp3) is 0.368. The van der Waals surface area contributed by atoms with Crippen LogP contribution in [0.3, 0.4) is 0 Å². The minimum Gasteiger partial charge on any atom is -0.337 e. The summed E-state index contributed by atoms with van der Waals surface area (Å²) in [5, 5.41) is 4.07. The van der Waals surface area contributed by atoms with Crippen LogP contribution in [0.4, 0.5) is 0 Å². The third-order valence-electron chi connectivity index (χ3n) is 4.63. The van der Waals surface area contributed by atoms with E-state index in [1.807, 2.05) is 30.0 Å². The molecule has 4 rings (SSSR count). The summed E-state index contributed by atoms with van der Waals surface area (Å²) in [4.78, 5) is 31.5. The molecule has 0 spiro atoms. The molecule has 1 aliphatic rings. The van der Waals surface area contributed by atoms with Gasteiger partial charge in [-0.1, -0.05) is 11.2 Å². The molecule has 1 unspecified atom stereocenters. The van der Waals surface area contributed by atoms with Crippen molar-refractivity contribution in [3.05, 3.63) is 54.0 Å². The molecule has 1 atom stereocenters. The quantitative estimate of drug-likeness (QED) is 0.700. The average molecular weight is 364 g/mol. The number of nitrogens with zero attached hydrogens (tertiary/aromatic N) is 6. The molecule has 3 aromatic heterocycles. The number of hydrogen-bond donors (Lipinski definition) is 0. The zero-order chi connectivity index (χ0) is 18.6. The van der Waals surface area contributed by atoms with Crippen LogP contribution in [-0.2, 0) is 6.42 Å². The molecule has 1 saturated heterocycles. The molecule has 27 heavy (non-hydrogen) atoms. The number of amides is 1. The molecule has 1 fully saturated rings. The van der Waals surface area contributed by atoms with Crippen LogP contribution in [0.5, 0.6) is 0 Å². The maximum Gasteiger partial charge on any atom is 0.276 e. The van der Waals surface area contributed by atoms with Crippen LogP contribution in [-0.4, -0.2) is 49.0 Å². The highest BCUT2D eigenvalue weighted by molar-refractivity contribution is 5.92. The molecule has 8 heteroatoms. The normalized spacial score (nSPS) is 17.1. The third kappa shape index (κ3) is 3.99. The summed E-state index contributed by atoms with van der Waals surface area (Å²) in [7, 11) is 0. The van der Waals surface area contributed by atoms with Crippen LogP contribution in [0.15, 0.2) is 41.3 Å². The van der Waals surface area contributed by atoms with Gasteiger partial charge in [-0.05, 0) is 37.8 Å². The van der Waals surface area contributed by atoms with Crippen LogP contribution >= 0.6 is 0 Å². The van der Waals surface area contributed by atoms with Gasteiger partial charge in [0.15, 0.2) is 5.82 Å². The van der Waals surface area contributed by atoms with E-state index < -0.39 is 0 Å². The maximum atomic E-state index is 12.7. The maximum absolute atomic E-state index is 12.7. The number of rotatable bonds is 4. The summed E-state index contributed by atoms with van der Waals surface area (Å²) in [6.07, 6.45) is 7.49. The summed E-state index contributed by atoms with van der Waals surface area (Å²) < 4.78 is 5.32. The standard InChI is InChI=1S/C19H20N6O2/c1-13-10-22-16(11-21-13)19(26)25-8-4-5-14(12-25)9-17-23-18(27-24-17)15-6-2-3-7-20-15/h2-3,6-7,10-11,14H,4-5,8-9,12H2,1H3. The fourth-order valence-electron chi connectivity index (χ4n) is 3.27. The second-order valence-electron chi connectivity index (χ2n) is 6.74. The van der Waals surface area contributed by atoms with E-state index in [9.17, 15) is 4.79 Å². The van der Waals surface area contributed by atoms with Crippen molar-refractivity contribution in [3.8, 4) is 11.6 Å². The smallest absolute Gasteiger partial charge is 0.276 e. The Labute approximate surface area is 156 Å². The molecule has 8 nitrogen and oxygen atoms in total. The molecule has 0 radical (unpaired) electrons. The van der Waals surface area contributed by atoms with Gasteiger partial charge in [-0.3, -0.25) is 14.8 Å². The first-order valence-corrected chi connectivity index (χ1v) is 9.01. The summed E-state index contributed by atoms with van der Waals surface area (Å²) in [5.74, 6) is 1.28. The lowest BCUT2D eigenvalue weighted by atomic mass is 9.94. The molecule has 0 saturated carbocycles. The van der Waals surface area contributed by atoms with Crippen LogP contribution in [0, 0.1) is 12.8 Å². The van der Waals surface area contributed by atoms with Crippen LogP contribution in [0.2, 0.25) is 0 Å². The molecule has 0 N–H and O–H groups in total. The zero-order valence-corrected chi connectivity index (χ0v) is 15.1. The first-order chi connectivity index (χ1) is 13.2. The van der Waals surface area contributed by atoms with Gasteiger partial charge in [-0.25, -0.2) is 4.98 Å². The fourth-order valence-corrected chi connectivity index (χ4v) is 3.27. The topological polar surface area (TPSA) is 97.9 Å². The Balaban J connectivity index is 1.41. The van der Waals surface area contributed by atoms with Crippen molar-refractivity contribution in [1.29, 1.82) is 0 Å². The minimum absolute atomic E-state index is 0.0745. The molecule has 1 amide bonds. The van der Waals surface area contributed by atoms with E-state index in [0.717, 1.165) is 25.1 Å². The number of hydrogen-bond acceptors (Lipinski definition) is 7. The Hall–Kier alpha value is -3.16. The number of likely N-dealkylation sites (tertiary alicyclic amines) is 1. The van der Waals surface area contributed by atoms with Crippen molar-refractivity contribution in [2.75, 3.05) is 13.1 Å². The Morgan fingerprint density at radius 3 is 2.96 bits per heavy atom. The Morgan fingerprint density at radius 1 is 1.26 bits per heavy atom. The Bertz CT molecular complexity index is 909. The van der Waals surface area contributed by atoms with Crippen molar-refractivity contribution in [2.45, 2.75) is 26.2 Å². The predicted molar refractivity (Wildman–Crippen MR) is 96.6 cm³/mol. The molecular weight excluding hydrogens is 344 g/mol. The van der Waals surface area contributed by atoms with Crippen LogP contribution in [0.1, 0.15) is 34.8 Å². The lowest BCUT2D eigenvalue weighted by Gasteiger charge is -2.32. The molecule has 1 aliphatic heterocycles. The van der Waals surface area contributed by atoms with Gasteiger partial charge >= 0.3 is 0 Å². The van der Waals surface area contributed by atoms with Gasteiger partial charge in [0, 0.05) is 31.9 Å². The highest BCUT2D eigenvalue weighted by Crippen LogP contribution is 2.22. The molecule has 4 heterocycles. The van der Waals surface area contributed by atoms with Gasteiger partial charge in [0.1, 0.15) is 11.4 Å². The molecule has 138 valence electrons. The van der Waals surface area contributed by atoms with Crippen molar-refractivity contribution < 1.29 is 9.32 Å². The van der Waals surface area contributed by atoms with E-state index in [2.05, 4.69) is 25.1 Å². The van der Waals surface area contributed by atoms with Crippen LogP contribution < -0.4 is 0 Å². The van der Waals surface area contributed by atoms with Gasteiger partial charge in [0.05, 0.1) is 11.9 Å². The van der Waals surface area contributed by atoms with Gasteiger partial charge in [0.25, 0.3) is 11.8 Å². The van der Waals surface area contributed by atoms with E-state index in [1.54, 1.807) is 18.6 Å². The lowest BCUT2D eigenvalue weighted by molar-refractivity contribution is 0.0665. The van der Waals surface area contributed by atoms with Crippen molar-refractivity contribution in [1.82, 2.24) is 30.0 Å². The van der Waals surface area contributed by atoms with Crippen molar-refractivity contribution in [3.63, 3.8) is 0 Å². The summed E-state index contributed by atoms with van der Waals surface area (Å²) in [6.45, 7) is 3.24. The third-order valence-corrected chi connectivity index (χ3v) is 4.63. The first kappa shape index (κ1) is 17.3. The highest BCUT2D eigenvalue weighted by Gasteiger charge is 2.26. The van der Waals surface area contributed by atoms with Gasteiger partial charge in [-0.15, -0.1) is 0 Å². The SMILES string of the molecule is Cc1cnc(C(=O)N2CCCC(Cc3noc(-c4ccccn4)n3)C2)cn1. The summed E-state index contributed by atoms with van der Waals surface area (Å²) in [5.41, 5.74) is 1.84. The number of carbonyl (C=O) groups is 1. The number of aryl methyl sites for hydroxylation is 1. The number of pyridine rings is 1. The van der Waals surface area contributed by atoms with E-state index in [1.165, 1.54) is 0 Å². The predicted octanol–water partition coefficient (Wildman–Crippen LogP) is 2.32. The number of aromatic nitrogens is 5. The average Bonchev–Trinajstić information content (AvgIpc) is 3.17. The van der Waals surface area contributed by atoms with E-state index in [0.29, 0.717) is 36.1 Å². The Kier molecular flexibility index (Phi) is 4.86. The molecule has 0 aliphatic carbocycles. The lowest BCUT2D eigenvalue weighted by Crippen LogP contribution is -2.41. The zero-order valence-electron chi connectivity index (χ0n) is 15.1. The summed E-state index contributed by atoms with van der Waals surface area (Å²) >= 11 is 0. The summed E-state index contributed by atoms with van der Waals surface area (Å²) in [6, 6.07) is 5.55.